The summed E-state index contributed by atoms with van der Waals surface area (Å²) in [4.78, 5) is 6.73. The van der Waals surface area contributed by atoms with Crippen molar-refractivity contribution in [1.82, 2.24) is 15.2 Å². The maximum atomic E-state index is 6.04. The van der Waals surface area contributed by atoms with Crippen molar-refractivity contribution in [3.05, 3.63) is 28.5 Å². The molecule has 0 saturated carbocycles. The van der Waals surface area contributed by atoms with Crippen LogP contribution in [0.5, 0.6) is 0 Å². The highest BCUT2D eigenvalue weighted by atomic mass is 79.9. The molecule has 1 N–H and O–H groups in total. The van der Waals surface area contributed by atoms with Gasteiger partial charge in [0, 0.05) is 36.0 Å². The van der Waals surface area contributed by atoms with Crippen LogP contribution in [0, 0.1) is 0 Å². The van der Waals surface area contributed by atoms with Crippen LogP contribution in [0.2, 0.25) is 0 Å². The lowest BCUT2D eigenvalue weighted by Gasteiger charge is -2.37. The molecule has 1 saturated heterocycles. The standard InChI is InChI=1S/C16H26BrN3O/c1-3-5-19-15(9-13-8-14(17)11-18-10-13)16-12-20(4-2)6-7-21-16/h8,10-11,15-16,19H,3-7,9,12H2,1-2H3. The predicted octanol–water partition coefficient (Wildman–Crippen LogP) is 2.48. The minimum Gasteiger partial charge on any atom is -0.374 e. The molecule has 0 bridgehead atoms. The van der Waals surface area contributed by atoms with Crippen LogP contribution in [0.1, 0.15) is 25.8 Å². The van der Waals surface area contributed by atoms with E-state index in [4.69, 9.17) is 4.74 Å². The summed E-state index contributed by atoms with van der Waals surface area (Å²) in [6.07, 6.45) is 6.12. The van der Waals surface area contributed by atoms with Crippen molar-refractivity contribution in [1.29, 1.82) is 0 Å². The fraction of sp³-hybridized carbons (Fsp3) is 0.688. The molecule has 4 nitrogen and oxygen atoms in total. The lowest BCUT2D eigenvalue weighted by atomic mass is 10.0. The molecule has 0 aliphatic carbocycles. The van der Waals surface area contributed by atoms with Gasteiger partial charge in [0.05, 0.1) is 12.7 Å². The number of nitrogens with zero attached hydrogens (tertiary/aromatic N) is 2. The predicted molar refractivity (Wildman–Crippen MR) is 89.6 cm³/mol. The summed E-state index contributed by atoms with van der Waals surface area (Å²) in [6, 6.07) is 2.49. The summed E-state index contributed by atoms with van der Waals surface area (Å²) in [7, 11) is 0. The summed E-state index contributed by atoms with van der Waals surface area (Å²) in [6.45, 7) is 9.43. The molecule has 0 aromatic carbocycles. The SMILES string of the molecule is CCCNC(Cc1cncc(Br)c1)C1CN(CC)CCO1. The largest absolute Gasteiger partial charge is 0.374 e. The zero-order valence-corrected chi connectivity index (χ0v) is 14.6. The van der Waals surface area contributed by atoms with E-state index in [2.05, 4.69) is 51.0 Å². The number of likely N-dealkylation sites (N-methyl/N-ethyl adjacent to an activating group) is 1. The number of hydrogen-bond acceptors (Lipinski definition) is 4. The third-order valence-corrected chi connectivity index (χ3v) is 4.38. The van der Waals surface area contributed by atoms with Crippen molar-refractivity contribution in [2.45, 2.75) is 38.8 Å². The number of pyridine rings is 1. The van der Waals surface area contributed by atoms with Crippen LogP contribution >= 0.6 is 15.9 Å². The Morgan fingerprint density at radius 2 is 2.33 bits per heavy atom. The average Bonchev–Trinajstić information content (AvgIpc) is 2.51. The van der Waals surface area contributed by atoms with Gasteiger partial charge >= 0.3 is 0 Å². The first-order chi connectivity index (χ1) is 10.2. The van der Waals surface area contributed by atoms with E-state index in [-0.39, 0.29) is 6.10 Å². The number of nitrogens with one attached hydrogen (secondary N) is 1. The Morgan fingerprint density at radius 1 is 1.48 bits per heavy atom. The van der Waals surface area contributed by atoms with Crippen LogP contribution in [-0.4, -0.2) is 54.8 Å². The van der Waals surface area contributed by atoms with Crippen molar-refractivity contribution < 1.29 is 4.74 Å². The van der Waals surface area contributed by atoms with Crippen molar-refractivity contribution in [3.63, 3.8) is 0 Å². The van der Waals surface area contributed by atoms with Crippen LogP contribution in [-0.2, 0) is 11.2 Å². The van der Waals surface area contributed by atoms with E-state index in [0.717, 1.165) is 50.1 Å². The van der Waals surface area contributed by atoms with Crippen molar-refractivity contribution in [2.24, 2.45) is 0 Å². The first kappa shape index (κ1) is 16.9. The molecule has 118 valence electrons. The molecule has 1 fully saturated rings. The van der Waals surface area contributed by atoms with Crippen molar-refractivity contribution in [3.8, 4) is 0 Å². The van der Waals surface area contributed by atoms with E-state index in [0.29, 0.717) is 6.04 Å². The molecule has 21 heavy (non-hydrogen) atoms. The van der Waals surface area contributed by atoms with Gasteiger partial charge in [-0.1, -0.05) is 13.8 Å². The molecule has 1 aromatic rings. The summed E-state index contributed by atoms with van der Waals surface area (Å²) in [5, 5.41) is 3.66. The highest BCUT2D eigenvalue weighted by Crippen LogP contribution is 2.16. The van der Waals surface area contributed by atoms with E-state index >= 15 is 0 Å². The smallest absolute Gasteiger partial charge is 0.0858 e. The van der Waals surface area contributed by atoms with Gasteiger partial charge in [-0.25, -0.2) is 0 Å². The summed E-state index contributed by atoms with van der Waals surface area (Å²) in [5.74, 6) is 0. The summed E-state index contributed by atoms with van der Waals surface area (Å²) in [5.41, 5.74) is 1.25. The zero-order valence-electron chi connectivity index (χ0n) is 13.0. The van der Waals surface area contributed by atoms with Crippen LogP contribution < -0.4 is 5.32 Å². The number of aromatic nitrogens is 1. The van der Waals surface area contributed by atoms with Gasteiger partial charge in [-0.15, -0.1) is 0 Å². The zero-order chi connectivity index (χ0) is 15.1. The van der Waals surface area contributed by atoms with Gasteiger partial charge < -0.3 is 10.1 Å². The van der Waals surface area contributed by atoms with E-state index < -0.39 is 0 Å². The molecule has 2 rings (SSSR count). The minimum absolute atomic E-state index is 0.254. The van der Waals surface area contributed by atoms with Gasteiger partial charge in [0.15, 0.2) is 0 Å². The second-order valence-corrected chi connectivity index (χ2v) is 6.49. The lowest BCUT2D eigenvalue weighted by Crippen LogP contribution is -2.53. The molecule has 2 atom stereocenters. The van der Waals surface area contributed by atoms with Crippen molar-refractivity contribution >= 4 is 15.9 Å². The average molecular weight is 356 g/mol. The Morgan fingerprint density at radius 3 is 3.05 bits per heavy atom. The van der Waals surface area contributed by atoms with Gasteiger partial charge in [-0.05, 0) is 53.5 Å². The highest BCUT2D eigenvalue weighted by molar-refractivity contribution is 9.10. The molecule has 1 aromatic heterocycles. The molecule has 1 aliphatic rings. The minimum atomic E-state index is 0.254. The second-order valence-electron chi connectivity index (χ2n) is 5.58. The molecule has 2 unspecified atom stereocenters. The third kappa shape index (κ3) is 5.33. The molecule has 0 radical (unpaired) electrons. The monoisotopic (exact) mass is 355 g/mol. The van der Waals surface area contributed by atoms with Crippen LogP contribution in [0.4, 0.5) is 0 Å². The van der Waals surface area contributed by atoms with Gasteiger partial charge in [-0.3, -0.25) is 9.88 Å². The maximum absolute atomic E-state index is 6.04. The molecular weight excluding hydrogens is 330 g/mol. The summed E-state index contributed by atoms with van der Waals surface area (Å²) < 4.78 is 7.07. The molecular formula is C16H26BrN3O. The Balaban J connectivity index is 2.02. The summed E-state index contributed by atoms with van der Waals surface area (Å²) >= 11 is 3.50. The van der Waals surface area contributed by atoms with Crippen LogP contribution in [0.25, 0.3) is 0 Å². The Bertz CT molecular complexity index is 430. The number of rotatable bonds is 7. The van der Waals surface area contributed by atoms with E-state index in [1.165, 1.54) is 5.56 Å². The molecule has 5 heteroatoms. The van der Waals surface area contributed by atoms with Gasteiger partial charge in [0.25, 0.3) is 0 Å². The Hall–Kier alpha value is -0.490. The molecule has 1 aliphatic heterocycles. The van der Waals surface area contributed by atoms with E-state index in [9.17, 15) is 0 Å². The van der Waals surface area contributed by atoms with Gasteiger partial charge in [0.2, 0.25) is 0 Å². The first-order valence-corrected chi connectivity index (χ1v) is 8.69. The number of morpholine rings is 1. The number of ether oxygens (including phenoxy) is 1. The Kier molecular flexibility index (Phi) is 7.10. The van der Waals surface area contributed by atoms with Crippen LogP contribution in [0.3, 0.4) is 0 Å². The highest BCUT2D eigenvalue weighted by Gasteiger charge is 2.27. The van der Waals surface area contributed by atoms with E-state index in [1.54, 1.807) is 0 Å². The number of halogens is 1. The maximum Gasteiger partial charge on any atom is 0.0858 e. The third-order valence-electron chi connectivity index (χ3n) is 3.95. The quantitative estimate of drug-likeness (QED) is 0.815. The molecule has 0 spiro atoms. The number of hydrogen-bond donors (Lipinski definition) is 1. The Labute approximate surface area is 136 Å². The van der Waals surface area contributed by atoms with Crippen LogP contribution in [0.15, 0.2) is 22.9 Å². The van der Waals surface area contributed by atoms with E-state index in [1.807, 2.05) is 12.4 Å². The molecule has 0 amide bonds. The van der Waals surface area contributed by atoms with Crippen molar-refractivity contribution in [2.75, 3.05) is 32.8 Å². The normalized spacial score (nSPS) is 21.4. The van der Waals surface area contributed by atoms with Gasteiger partial charge in [-0.2, -0.15) is 0 Å². The fourth-order valence-corrected chi connectivity index (χ4v) is 3.16. The lowest BCUT2D eigenvalue weighted by molar-refractivity contribution is -0.0447. The second kappa shape index (κ2) is 8.83. The first-order valence-electron chi connectivity index (χ1n) is 7.89. The topological polar surface area (TPSA) is 37.4 Å². The fourth-order valence-electron chi connectivity index (χ4n) is 2.75. The van der Waals surface area contributed by atoms with Gasteiger partial charge in [0.1, 0.15) is 0 Å². The molecule has 2 heterocycles.